The number of benzene rings is 1. The van der Waals surface area contributed by atoms with E-state index in [9.17, 15) is 14.4 Å². The van der Waals surface area contributed by atoms with E-state index >= 15 is 0 Å². The van der Waals surface area contributed by atoms with E-state index in [1.807, 2.05) is 44.8 Å². The van der Waals surface area contributed by atoms with Crippen molar-refractivity contribution in [3.63, 3.8) is 0 Å². The zero-order valence-electron chi connectivity index (χ0n) is 23.8. The van der Waals surface area contributed by atoms with Crippen molar-refractivity contribution < 1.29 is 19.1 Å². The van der Waals surface area contributed by atoms with Crippen LogP contribution in [0, 0.1) is 0 Å². The summed E-state index contributed by atoms with van der Waals surface area (Å²) in [7, 11) is 0. The van der Waals surface area contributed by atoms with Crippen molar-refractivity contribution in [1.82, 2.24) is 34.1 Å². The highest BCUT2D eigenvalue weighted by molar-refractivity contribution is 6.30. The molecule has 0 radical (unpaired) electrons. The molecule has 1 N–H and O–H groups in total. The monoisotopic (exact) mass is 603 g/mol. The number of rotatable bonds is 2. The maximum Gasteiger partial charge on any atom is 0.274 e. The maximum atomic E-state index is 13.8. The molecule has 1 saturated heterocycles. The van der Waals surface area contributed by atoms with E-state index in [-0.39, 0.29) is 17.7 Å². The van der Waals surface area contributed by atoms with Gasteiger partial charge in [0.1, 0.15) is 29.0 Å². The summed E-state index contributed by atoms with van der Waals surface area (Å²) in [6.45, 7) is 2.98. The topological polar surface area (TPSA) is 114 Å². The zero-order valence-corrected chi connectivity index (χ0v) is 24.6. The largest absolute Gasteiger partial charge is 0.494 e. The summed E-state index contributed by atoms with van der Waals surface area (Å²) in [5, 5.41) is 3.36. The average Bonchev–Trinajstić information content (AvgIpc) is 3.76. The lowest BCUT2D eigenvalue weighted by molar-refractivity contribution is -0.134. The highest BCUT2D eigenvalue weighted by Crippen LogP contribution is 2.23. The minimum absolute atomic E-state index is 0.0625. The molecule has 11 nitrogen and oxygen atoms in total. The number of pyridine rings is 1. The summed E-state index contributed by atoms with van der Waals surface area (Å²) < 4.78 is 9.84. The van der Waals surface area contributed by atoms with Gasteiger partial charge in [-0.25, -0.2) is 9.97 Å². The lowest BCUT2D eigenvalue weighted by Crippen LogP contribution is -2.45. The first-order chi connectivity index (χ1) is 20.9. The maximum absolute atomic E-state index is 13.8. The zero-order chi connectivity index (χ0) is 29.8. The van der Waals surface area contributed by atoms with E-state index in [4.69, 9.17) is 16.3 Å². The van der Waals surface area contributed by atoms with Crippen molar-refractivity contribution in [2.75, 3.05) is 32.8 Å². The summed E-state index contributed by atoms with van der Waals surface area (Å²) in [5.74, 6) is 1.19. The van der Waals surface area contributed by atoms with Crippen molar-refractivity contribution in [2.45, 2.75) is 44.7 Å². The Hall–Kier alpha value is -4.38. The minimum Gasteiger partial charge on any atom is -0.494 e. The second kappa shape index (κ2) is 12.9. The molecule has 0 aliphatic carbocycles. The first-order valence-corrected chi connectivity index (χ1v) is 15.1. The Bertz CT molecular complexity index is 1630. The number of aromatic nitrogens is 4. The van der Waals surface area contributed by atoms with Crippen LogP contribution >= 0.6 is 11.6 Å². The number of nitrogens with zero attached hydrogens (tertiary/aromatic N) is 6. The molecule has 6 rings (SSSR count). The predicted octanol–water partition coefficient (Wildman–Crippen LogP) is 3.66. The van der Waals surface area contributed by atoms with E-state index in [2.05, 4.69) is 15.3 Å². The molecule has 5 heterocycles. The van der Waals surface area contributed by atoms with Gasteiger partial charge in [0.05, 0.1) is 11.6 Å². The van der Waals surface area contributed by atoms with Gasteiger partial charge in [0, 0.05) is 69.5 Å². The van der Waals surface area contributed by atoms with Crippen LogP contribution in [0.5, 0.6) is 5.75 Å². The van der Waals surface area contributed by atoms with Crippen molar-refractivity contribution in [1.29, 1.82) is 0 Å². The van der Waals surface area contributed by atoms with Gasteiger partial charge in [-0.3, -0.25) is 14.4 Å². The number of ether oxygens (including phenoxy) is 1. The van der Waals surface area contributed by atoms with E-state index in [0.717, 1.165) is 17.1 Å². The molecular weight excluding hydrogens is 570 g/mol. The molecule has 1 atom stereocenters. The van der Waals surface area contributed by atoms with Crippen LogP contribution < -0.4 is 10.1 Å². The second-order valence-corrected chi connectivity index (χ2v) is 11.3. The molecule has 3 aromatic heterocycles. The quantitative estimate of drug-likeness (QED) is 0.374. The Morgan fingerprint density at radius 2 is 1.81 bits per heavy atom. The third-order valence-electron chi connectivity index (χ3n) is 7.89. The fourth-order valence-electron chi connectivity index (χ4n) is 5.65. The molecule has 2 aliphatic rings. The van der Waals surface area contributed by atoms with Crippen molar-refractivity contribution in [3.8, 4) is 17.1 Å². The molecule has 43 heavy (non-hydrogen) atoms. The van der Waals surface area contributed by atoms with E-state index in [0.29, 0.717) is 87.8 Å². The molecule has 0 spiro atoms. The number of carbonyl (C=O) groups is 3. The number of amides is 3. The SMILES string of the molecule is O=C1CC[C@@H](C(=O)N2CCCCN(C(=O)c3cn4cc(Cl)ccc4n3)CCn3ccnc3-c3cccc(c3)OCCC2)N1. The standard InChI is InChI=1S/C31H34ClN7O4/c32-23-7-9-27-34-26(21-39(27)20-23)31(42)38-13-2-1-12-37(30(41)25-8-10-28(40)35-25)14-4-18-43-24-6-3-5-22(19-24)29-33-11-15-36(29)16-17-38/h3,5-7,9,11,15,19-21,25H,1-2,4,8,10,12-14,16-18H2,(H,35,40)/t25-/m0/s1. The molecule has 1 fully saturated rings. The average molecular weight is 604 g/mol. The lowest BCUT2D eigenvalue weighted by Gasteiger charge is -2.27. The van der Waals surface area contributed by atoms with Gasteiger partial charge in [-0.1, -0.05) is 23.7 Å². The molecule has 2 bridgehead atoms. The van der Waals surface area contributed by atoms with Gasteiger partial charge in [0.2, 0.25) is 11.8 Å². The number of hydrogen-bond donors (Lipinski definition) is 1. The smallest absolute Gasteiger partial charge is 0.274 e. The number of carbonyl (C=O) groups excluding carboxylic acids is 3. The summed E-state index contributed by atoms with van der Waals surface area (Å²) >= 11 is 6.15. The molecular formula is C31H34ClN7O4. The third-order valence-corrected chi connectivity index (χ3v) is 8.12. The van der Waals surface area contributed by atoms with Gasteiger partial charge in [-0.2, -0.15) is 0 Å². The number of nitrogens with one attached hydrogen (secondary N) is 1. The summed E-state index contributed by atoms with van der Waals surface area (Å²) in [6, 6.07) is 10.8. The van der Waals surface area contributed by atoms with Gasteiger partial charge < -0.3 is 28.8 Å². The van der Waals surface area contributed by atoms with Crippen LogP contribution in [0.2, 0.25) is 5.02 Å². The molecule has 2 aliphatic heterocycles. The van der Waals surface area contributed by atoms with Crippen LogP contribution in [-0.4, -0.2) is 85.3 Å². The van der Waals surface area contributed by atoms with E-state index in [1.165, 1.54) is 0 Å². The number of fused-ring (bicyclic) bond motifs is 5. The van der Waals surface area contributed by atoms with Gasteiger partial charge in [0.15, 0.2) is 0 Å². The normalized spacial score (nSPS) is 18.5. The van der Waals surface area contributed by atoms with Crippen molar-refractivity contribution in [2.24, 2.45) is 0 Å². The van der Waals surface area contributed by atoms with Gasteiger partial charge in [0.25, 0.3) is 5.91 Å². The highest BCUT2D eigenvalue weighted by atomic mass is 35.5. The van der Waals surface area contributed by atoms with Crippen LogP contribution in [0.15, 0.2) is 61.2 Å². The predicted molar refractivity (Wildman–Crippen MR) is 161 cm³/mol. The Balaban J connectivity index is 1.25. The molecule has 3 amide bonds. The Kier molecular flexibility index (Phi) is 8.59. The minimum atomic E-state index is -0.483. The molecule has 1 aromatic carbocycles. The summed E-state index contributed by atoms with van der Waals surface area (Å²) in [4.78, 5) is 51.7. The number of imidazole rings is 2. The fourth-order valence-corrected chi connectivity index (χ4v) is 5.82. The number of hydrogen-bond acceptors (Lipinski definition) is 6. The Morgan fingerprint density at radius 3 is 2.65 bits per heavy atom. The highest BCUT2D eigenvalue weighted by Gasteiger charge is 2.30. The van der Waals surface area contributed by atoms with Crippen LogP contribution in [0.4, 0.5) is 0 Å². The van der Waals surface area contributed by atoms with Gasteiger partial charge >= 0.3 is 0 Å². The van der Waals surface area contributed by atoms with Crippen LogP contribution in [0.25, 0.3) is 17.0 Å². The van der Waals surface area contributed by atoms with Gasteiger partial charge in [-0.15, -0.1) is 0 Å². The van der Waals surface area contributed by atoms with E-state index in [1.54, 1.807) is 35.1 Å². The summed E-state index contributed by atoms with van der Waals surface area (Å²) in [6.07, 6.45) is 10.0. The van der Waals surface area contributed by atoms with Gasteiger partial charge in [-0.05, 0) is 49.9 Å². The van der Waals surface area contributed by atoms with Crippen LogP contribution in [0.1, 0.15) is 42.6 Å². The summed E-state index contributed by atoms with van der Waals surface area (Å²) in [5.41, 5.74) is 1.90. The number of halogens is 1. The van der Waals surface area contributed by atoms with Crippen LogP contribution in [0.3, 0.4) is 0 Å². The third kappa shape index (κ3) is 6.67. The molecule has 12 heteroatoms. The molecule has 224 valence electrons. The fraction of sp³-hybridized carbons (Fsp3) is 0.387. The molecule has 0 saturated carbocycles. The second-order valence-electron chi connectivity index (χ2n) is 10.9. The van der Waals surface area contributed by atoms with Crippen LogP contribution in [-0.2, 0) is 16.1 Å². The van der Waals surface area contributed by atoms with Crippen molar-refractivity contribution in [3.05, 3.63) is 71.9 Å². The van der Waals surface area contributed by atoms with E-state index < -0.39 is 6.04 Å². The first-order valence-electron chi connectivity index (χ1n) is 14.7. The molecule has 0 unspecified atom stereocenters. The Morgan fingerprint density at radius 1 is 0.977 bits per heavy atom. The Labute approximate surface area is 254 Å². The molecule has 4 aromatic rings. The lowest BCUT2D eigenvalue weighted by atomic mass is 10.1. The van der Waals surface area contributed by atoms with Crippen molar-refractivity contribution >= 4 is 35.0 Å². The first kappa shape index (κ1) is 28.7.